The quantitative estimate of drug-likeness (QED) is 0.772. The average Bonchev–Trinajstić information content (AvgIpc) is 2.58. The number of rotatable bonds is 3. The molecule has 0 bridgehead atoms. The van der Waals surface area contributed by atoms with Crippen molar-refractivity contribution < 1.29 is 13.2 Å². The molecule has 2 rings (SSSR count). The number of hydrogen-bond acceptors (Lipinski definition) is 3. The number of hydrogen-bond donors (Lipinski definition) is 0. The van der Waals surface area contributed by atoms with Gasteiger partial charge in [0.1, 0.15) is 0 Å². The molecule has 4 heteroatoms. The molecule has 1 heterocycles. The van der Waals surface area contributed by atoms with Crippen molar-refractivity contribution in [1.29, 1.82) is 0 Å². The molecule has 1 fully saturated rings. The number of carbonyl (C=O) groups excluding carboxylic acids is 1. The molecule has 1 unspecified atom stereocenters. The molecule has 1 aliphatic rings. The molecular weight excluding hydrogens is 236 g/mol. The molecule has 1 aliphatic heterocycles. The van der Waals surface area contributed by atoms with Crippen molar-refractivity contribution in [2.24, 2.45) is 5.92 Å². The molecule has 0 saturated carbocycles. The summed E-state index contributed by atoms with van der Waals surface area (Å²) in [6, 6.07) is 7.46. The highest BCUT2D eigenvalue weighted by molar-refractivity contribution is 7.91. The summed E-state index contributed by atoms with van der Waals surface area (Å²) in [6.07, 6.45) is 1.41. The first-order valence-corrected chi connectivity index (χ1v) is 7.59. The van der Waals surface area contributed by atoms with Gasteiger partial charge in [-0.05, 0) is 31.2 Å². The van der Waals surface area contributed by atoms with E-state index in [9.17, 15) is 13.2 Å². The molecule has 0 radical (unpaired) electrons. The standard InChI is InChI=1S/C13H16O3S/c1-10(14)13-5-3-2-4-12(13)8-11-6-7-17(15,16)9-11/h2-5,11H,6-9H2,1H3. The van der Waals surface area contributed by atoms with Crippen molar-refractivity contribution in [1.82, 2.24) is 0 Å². The fourth-order valence-corrected chi connectivity index (χ4v) is 4.25. The van der Waals surface area contributed by atoms with Gasteiger partial charge in [0, 0.05) is 5.56 Å². The molecule has 1 atom stereocenters. The predicted molar refractivity (Wildman–Crippen MR) is 66.9 cm³/mol. The molecule has 0 amide bonds. The smallest absolute Gasteiger partial charge is 0.160 e. The van der Waals surface area contributed by atoms with Crippen LogP contribution in [0.15, 0.2) is 24.3 Å². The van der Waals surface area contributed by atoms with Gasteiger partial charge in [0.05, 0.1) is 11.5 Å². The van der Waals surface area contributed by atoms with Crippen LogP contribution in [0.3, 0.4) is 0 Å². The minimum atomic E-state index is -2.83. The molecule has 0 aromatic heterocycles. The second-order valence-corrected chi connectivity index (χ2v) is 6.92. The van der Waals surface area contributed by atoms with Gasteiger partial charge < -0.3 is 0 Å². The SMILES string of the molecule is CC(=O)c1ccccc1CC1CCS(=O)(=O)C1. The van der Waals surface area contributed by atoms with Gasteiger partial charge in [-0.2, -0.15) is 0 Å². The summed E-state index contributed by atoms with van der Waals surface area (Å²) in [5.41, 5.74) is 1.69. The Labute approximate surface area is 102 Å². The van der Waals surface area contributed by atoms with Crippen molar-refractivity contribution in [3.63, 3.8) is 0 Å². The van der Waals surface area contributed by atoms with E-state index in [-0.39, 0.29) is 17.5 Å². The Morgan fingerprint density at radius 2 is 2.06 bits per heavy atom. The van der Waals surface area contributed by atoms with Crippen LogP contribution in [0.4, 0.5) is 0 Å². The van der Waals surface area contributed by atoms with E-state index in [0.29, 0.717) is 18.6 Å². The van der Waals surface area contributed by atoms with Crippen molar-refractivity contribution >= 4 is 15.6 Å². The monoisotopic (exact) mass is 252 g/mol. The fraction of sp³-hybridized carbons (Fsp3) is 0.462. The van der Waals surface area contributed by atoms with Crippen molar-refractivity contribution in [3.8, 4) is 0 Å². The summed E-state index contributed by atoms with van der Waals surface area (Å²) in [7, 11) is -2.83. The lowest BCUT2D eigenvalue weighted by Crippen LogP contribution is -2.10. The predicted octanol–water partition coefficient (Wildman–Crippen LogP) is 1.87. The molecule has 1 aromatic carbocycles. The molecule has 3 nitrogen and oxygen atoms in total. The van der Waals surface area contributed by atoms with E-state index in [1.807, 2.05) is 18.2 Å². The topological polar surface area (TPSA) is 51.2 Å². The summed E-state index contributed by atoms with van der Waals surface area (Å²) >= 11 is 0. The Morgan fingerprint density at radius 1 is 1.35 bits per heavy atom. The Balaban J connectivity index is 2.17. The molecule has 0 N–H and O–H groups in total. The van der Waals surface area contributed by atoms with Crippen LogP contribution in [-0.4, -0.2) is 25.7 Å². The number of sulfone groups is 1. The van der Waals surface area contributed by atoms with Gasteiger partial charge in [-0.25, -0.2) is 8.42 Å². The highest BCUT2D eigenvalue weighted by Gasteiger charge is 2.28. The van der Waals surface area contributed by atoms with E-state index in [4.69, 9.17) is 0 Å². The lowest BCUT2D eigenvalue weighted by atomic mass is 9.94. The van der Waals surface area contributed by atoms with Gasteiger partial charge in [-0.15, -0.1) is 0 Å². The normalized spacial score (nSPS) is 22.5. The maximum absolute atomic E-state index is 11.4. The van der Waals surface area contributed by atoms with E-state index in [1.165, 1.54) is 0 Å². The zero-order chi connectivity index (χ0) is 12.5. The highest BCUT2D eigenvalue weighted by Crippen LogP contribution is 2.24. The van der Waals surface area contributed by atoms with Crippen LogP contribution in [0.25, 0.3) is 0 Å². The molecule has 0 spiro atoms. The van der Waals surface area contributed by atoms with Gasteiger partial charge in [0.25, 0.3) is 0 Å². The summed E-state index contributed by atoms with van der Waals surface area (Å²) < 4.78 is 22.8. The van der Waals surface area contributed by atoms with Gasteiger partial charge in [-0.3, -0.25) is 4.79 Å². The lowest BCUT2D eigenvalue weighted by Gasteiger charge is -2.10. The summed E-state index contributed by atoms with van der Waals surface area (Å²) in [4.78, 5) is 11.4. The zero-order valence-corrected chi connectivity index (χ0v) is 10.7. The second-order valence-electron chi connectivity index (χ2n) is 4.69. The summed E-state index contributed by atoms with van der Waals surface area (Å²) in [5, 5.41) is 0. The van der Waals surface area contributed by atoms with Crippen LogP contribution < -0.4 is 0 Å². The summed E-state index contributed by atoms with van der Waals surface area (Å²) in [5.74, 6) is 0.765. The number of Topliss-reactive ketones (excluding diaryl/α,β-unsaturated/α-hetero) is 1. The van der Waals surface area contributed by atoms with Crippen LogP contribution in [0, 0.1) is 5.92 Å². The third kappa shape index (κ3) is 2.94. The molecule has 1 aromatic rings. The van der Waals surface area contributed by atoms with Crippen LogP contribution in [0.1, 0.15) is 29.3 Å². The van der Waals surface area contributed by atoms with E-state index in [2.05, 4.69) is 0 Å². The second kappa shape index (κ2) is 4.61. The van der Waals surface area contributed by atoms with Crippen LogP contribution >= 0.6 is 0 Å². The molecule has 0 aliphatic carbocycles. The lowest BCUT2D eigenvalue weighted by molar-refractivity contribution is 0.101. The van der Waals surface area contributed by atoms with Crippen molar-refractivity contribution in [2.45, 2.75) is 19.8 Å². The zero-order valence-electron chi connectivity index (χ0n) is 9.85. The van der Waals surface area contributed by atoms with Crippen molar-refractivity contribution in [2.75, 3.05) is 11.5 Å². The fourth-order valence-electron chi connectivity index (χ4n) is 2.39. The highest BCUT2D eigenvalue weighted by atomic mass is 32.2. The van der Waals surface area contributed by atoms with E-state index in [0.717, 1.165) is 11.1 Å². The number of ketones is 1. The Bertz CT molecular complexity index is 531. The Morgan fingerprint density at radius 3 is 2.65 bits per heavy atom. The minimum Gasteiger partial charge on any atom is -0.295 e. The van der Waals surface area contributed by atoms with Crippen LogP contribution in [-0.2, 0) is 16.3 Å². The Hall–Kier alpha value is -1.16. The minimum absolute atomic E-state index is 0.0430. The number of carbonyl (C=O) groups is 1. The summed E-state index contributed by atoms with van der Waals surface area (Å²) in [6.45, 7) is 1.55. The molecule has 92 valence electrons. The van der Waals surface area contributed by atoms with Crippen LogP contribution in [0.5, 0.6) is 0 Å². The third-order valence-corrected chi connectivity index (χ3v) is 5.07. The first kappa shape index (κ1) is 12.3. The average molecular weight is 252 g/mol. The van der Waals surface area contributed by atoms with Gasteiger partial charge in [-0.1, -0.05) is 24.3 Å². The number of benzene rings is 1. The van der Waals surface area contributed by atoms with Crippen LogP contribution in [0.2, 0.25) is 0 Å². The maximum Gasteiger partial charge on any atom is 0.160 e. The van der Waals surface area contributed by atoms with E-state index >= 15 is 0 Å². The largest absolute Gasteiger partial charge is 0.295 e. The van der Waals surface area contributed by atoms with E-state index in [1.54, 1.807) is 13.0 Å². The van der Waals surface area contributed by atoms with Gasteiger partial charge in [0.2, 0.25) is 0 Å². The van der Waals surface area contributed by atoms with Gasteiger partial charge >= 0.3 is 0 Å². The first-order valence-electron chi connectivity index (χ1n) is 5.77. The molecular formula is C13H16O3S. The maximum atomic E-state index is 11.4. The third-order valence-electron chi connectivity index (χ3n) is 3.23. The van der Waals surface area contributed by atoms with Crippen molar-refractivity contribution in [3.05, 3.63) is 35.4 Å². The molecule has 1 saturated heterocycles. The molecule has 17 heavy (non-hydrogen) atoms. The van der Waals surface area contributed by atoms with E-state index < -0.39 is 9.84 Å². The first-order chi connectivity index (χ1) is 7.98. The Kier molecular flexibility index (Phi) is 3.33. The van der Waals surface area contributed by atoms with Gasteiger partial charge in [0.15, 0.2) is 15.6 Å².